The Morgan fingerprint density at radius 1 is 0.596 bits per heavy atom. The van der Waals surface area contributed by atoms with Crippen LogP contribution < -0.4 is 15.1 Å². The molecule has 0 aromatic heterocycles. The smallest absolute Gasteiger partial charge is 0.411 e. The van der Waals surface area contributed by atoms with E-state index in [2.05, 4.69) is 131 Å². The second-order valence-corrected chi connectivity index (χ2v) is 11.5. The third-order valence-electron chi connectivity index (χ3n) is 8.37. The minimum Gasteiger partial charge on any atom is -0.450 e. The lowest BCUT2D eigenvalue weighted by atomic mass is 9.97. The van der Waals surface area contributed by atoms with E-state index in [1.807, 2.05) is 47.6 Å². The lowest BCUT2D eigenvalue weighted by molar-refractivity contribution is 0.168. The van der Waals surface area contributed by atoms with E-state index in [1.165, 1.54) is 44.8 Å². The van der Waals surface area contributed by atoms with Crippen LogP contribution in [0.3, 0.4) is 0 Å². The number of rotatable bonds is 8. The highest BCUT2D eigenvalue weighted by Crippen LogP contribution is 2.32. The van der Waals surface area contributed by atoms with Crippen LogP contribution in [0.5, 0.6) is 0 Å². The fourth-order valence-corrected chi connectivity index (χ4v) is 5.39. The van der Waals surface area contributed by atoms with Crippen molar-refractivity contribution in [1.29, 1.82) is 0 Å². The van der Waals surface area contributed by atoms with Crippen LogP contribution in [0.15, 0.2) is 72.8 Å². The lowest BCUT2D eigenvalue weighted by Gasteiger charge is -2.25. The van der Waals surface area contributed by atoms with Crippen molar-refractivity contribution in [3.05, 3.63) is 123 Å². The van der Waals surface area contributed by atoms with Gasteiger partial charge in [-0.25, -0.2) is 4.79 Å². The zero-order chi connectivity index (χ0) is 35.7. The third-order valence-corrected chi connectivity index (χ3v) is 8.37. The molecule has 1 N–H and O–H groups in total. The summed E-state index contributed by atoms with van der Waals surface area (Å²) in [5.74, 6) is 0. The summed E-state index contributed by atoms with van der Waals surface area (Å²) < 4.78 is 4.99. The summed E-state index contributed by atoms with van der Waals surface area (Å²) in [6.45, 7) is 26.9. The number of carbonyl (C=O) groups excluding carboxylic acids is 1. The summed E-state index contributed by atoms with van der Waals surface area (Å²) in [6, 6.07) is 25.4. The Labute approximate surface area is 287 Å². The summed E-state index contributed by atoms with van der Waals surface area (Å²) in [6.07, 6.45) is -0.409. The summed E-state index contributed by atoms with van der Waals surface area (Å²) in [4.78, 5) is 16.3. The molecule has 47 heavy (non-hydrogen) atoms. The average molecular weight is 640 g/mol. The second kappa shape index (κ2) is 20.8. The summed E-state index contributed by atoms with van der Waals surface area (Å²) in [5, 5.41) is 2.86. The van der Waals surface area contributed by atoms with E-state index < -0.39 is 6.09 Å². The van der Waals surface area contributed by atoms with Crippen LogP contribution in [0.2, 0.25) is 0 Å². The molecule has 4 aromatic rings. The van der Waals surface area contributed by atoms with Crippen molar-refractivity contribution in [1.82, 2.24) is 0 Å². The average Bonchev–Trinajstić information content (AvgIpc) is 3.08. The number of carbonyl (C=O) groups is 1. The van der Waals surface area contributed by atoms with E-state index in [0.29, 0.717) is 6.61 Å². The highest BCUT2D eigenvalue weighted by molar-refractivity contribution is 5.88. The van der Waals surface area contributed by atoms with E-state index in [-0.39, 0.29) is 0 Å². The van der Waals surface area contributed by atoms with Crippen molar-refractivity contribution in [3.63, 3.8) is 0 Å². The number of hydrogen-bond acceptors (Lipinski definition) is 4. The highest BCUT2D eigenvalue weighted by atomic mass is 16.5. The molecule has 0 saturated heterocycles. The molecule has 0 atom stereocenters. The molecular formula is C42H61N3O2. The van der Waals surface area contributed by atoms with Gasteiger partial charge in [0.15, 0.2) is 0 Å². The van der Waals surface area contributed by atoms with Gasteiger partial charge < -0.3 is 14.5 Å². The molecule has 5 nitrogen and oxygen atoms in total. The Bertz CT molecular complexity index is 1510. The Balaban J connectivity index is 0.000000434. The number of hydrogen-bond donors (Lipinski definition) is 1. The fourth-order valence-electron chi connectivity index (χ4n) is 5.39. The molecule has 4 rings (SSSR count). The number of nitrogens with one attached hydrogen (secondary N) is 1. The molecule has 0 aliphatic heterocycles. The predicted molar refractivity (Wildman–Crippen MR) is 206 cm³/mol. The zero-order valence-electron chi connectivity index (χ0n) is 31.8. The van der Waals surface area contributed by atoms with E-state index in [9.17, 15) is 4.79 Å². The van der Waals surface area contributed by atoms with Gasteiger partial charge in [0.05, 0.1) is 12.3 Å². The first-order valence-electron chi connectivity index (χ1n) is 17.1. The van der Waals surface area contributed by atoms with E-state index in [0.717, 1.165) is 35.5 Å². The Morgan fingerprint density at radius 2 is 1.00 bits per heavy atom. The van der Waals surface area contributed by atoms with Gasteiger partial charge in [-0.2, -0.15) is 0 Å². The molecule has 0 radical (unpaired) electrons. The quantitative estimate of drug-likeness (QED) is 0.208. The normalized spacial score (nSPS) is 9.83. The standard InChI is InChI=1S/C20H26N2O2.C18H23N.2C2H6/c1-6-24-20(23)21-19-14(2)12-18(15(3)16(19)4)22(5)13-17-10-8-7-9-11-17;1-13-11-18(16(4)15(3)14(13)2)19(5)12-17-9-7-6-8-10-17;2*1-2/h7-12H,6,13H2,1-5H3,(H,21,23);6-11H,12H2,1-5H3;2*1-2H3. The first-order valence-corrected chi connectivity index (χ1v) is 17.1. The van der Waals surface area contributed by atoms with Crippen molar-refractivity contribution in [2.75, 3.05) is 35.8 Å². The molecule has 0 aliphatic carbocycles. The largest absolute Gasteiger partial charge is 0.450 e. The maximum absolute atomic E-state index is 11.7. The van der Waals surface area contributed by atoms with E-state index >= 15 is 0 Å². The predicted octanol–water partition coefficient (Wildman–Crippen LogP) is 11.4. The SMILES string of the molecule is CC.CC.CCOC(=O)Nc1c(C)cc(N(C)Cc2ccccc2)c(C)c1C.Cc1cc(N(C)Cc2ccccc2)c(C)c(C)c1C. The molecule has 0 bridgehead atoms. The van der Waals surface area contributed by atoms with Crippen LogP contribution in [-0.4, -0.2) is 26.8 Å². The molecule has 0 heterocycles. The van der Waals surface area contributed by atoms with Crippen LogP contribution in [0.1, 0.15) is 84.7 Å². The van der Waals surface area contributed by atoms with Crippen LogP contribution in [0.25, 0.3) is 0 Å². The lowest BCUT2D eigenvalue weighted by Crippen LogP contribution is -2.20. The van der Waals surface area contributed by atoms with Gasteiger partial charge in [0.2, 0.25) is 0 Å². The van der Waals surface area contributed by atoms with Crippen molar-refractivity contribution in [2.24, 2.45) is 0 Å². The summed E-state index contributed by atoms with van der Waals surface area (Å²) >= 11 is 0. The van der Waals surface area contributed by atoms with E-state index in [4.69, 9.17) is 4.74 Å². The van der Waals surface area contributed by atoms with Crippen molar-refractivity contribution in [2.45, 2.75) is 96.2 Å². The number of ether oxygens (including phenoxy) is 1. The van der Waals surface area contributed by atoms with Gasteiger partial charge in [-0.1, -0.05) is 88.4 Å². The number of nitrogens with zero attached hydrogens (tertiary/aromatic N) is 2. The van der Waals surface area contributed by atoms with Gasteiger partial charge in [0.25, 0.3) is 0 Å². The molecule has 0 saturated carbocycles. The topological polar surface area (TPSA) is 44.8 Å². The molecule has 0 fully saturated rings. The first-order chi connectivity index (χ1) is 22.4. The molecule has 256 valence electrons. The van der Waals surface area contributed by atoms with Gasteiger partial charge in [-0.3, -0.25) is 5.32 Å². The highest BCUT2D eigenvalue weighted by Gasteiger charge is 2.16. The van der Waals surface area contributed by atoms with Gasteiger partial charge in [-0.05, 0) is 118 Å². The minimum absolute atomic E-state index is 0.362. The molecule has 1 amide bonds. The van der Waals surface area contributed by atoms with Crippen molar-refractivity contribution in [3.8, 4) is 0 Å². The van der Waals surface area contributed by atoms with Crippen LogP contribution >= 0.6 is 0 Å². The maximum Gasteiger partial charge on any atom is 0.411 e. The Hall–Kier alpha value is -4.25. The van der Waals surface area contributed by atoms with Gasteiger partial charge >= 0.3 is 6.09 Å². The number of benzene rings is 4. The maximum atomic E-state index is 11.7. The molecular weight excluding hydrogens is 578 g/mol. The molecule has 0 aliphatic rings. The zero-order valence-corrected chi connectivity index (χ0v) is 31.8. The number of anilines is 3. The van der Waals surface area contributed by atoms with E-state index in [1.54, 1.807) is 6.92 Å². The molecule has 5 heteroatoms. The third kappa shape index (κ3) is 11.8. The van der Waals surface area contributed by atoms with Crippen LogP contribution in [0.4, 0.5) is 21.9 Å². The summed E-state index contributed by atoms with van der Waals surface area (Å²) in [7, 11) is 4.26. The van der Waals surface area contributed by atoms with Gasteiger partial charge in [-0.15, -0.1) is 0 Å². The van der Waals surface area contributed by atoms with Crippen molar-refractivity contribution >= 4 is 23.2 Å². The Morgan fingerprint density at radius 3 is 1.43 bits per heavy atom. The molecule has 0 unspecified atom stereocenters. The van der Waals surface area contributed by atoms with Crippen LogP contribution in [-0.2, 0) is 17.8 Å². The fraction of sp³-hybridized carbons (Fsp3) is 0.405. The molecule has 0 spiro atoms. The van der Waals surface area contributed by atoms with Gasteiger partial charge in [0.1, 0.15) is 0 Å². The number of amides is 1. The minimum atomic E-state index is -0.409. The molecule has 4 aromatic carbocycles. The van der Waals surface area contributed by atoms with Crippen molar-refractivity contribution < 1.29 is 9.53 Å². The monoisotopic (exact) mass is 639 g/mol. The second-order valence-electron chi connectivity index (χ2n) is 11.5. The van der Waals surface area contributed by atoms with Crippen LogP contribution in [0, 0.1) is 48.5 Å². The number of aryl methyl sites for hydroxylation is 2. The van der Waals surface area contributed by atoms with Gasteiger partial charge in [0, 0.05) is 38.6 Å². The summed E-state index contributed by atoms with van der Waals surface area (Å²) in [5.41, 5.74) is 14.8. The Kier molecular flexibility index (Phi) is 18.0. The first kappa shape index (κ1) is 40.8.